The summed E-state index contributed by atoms with van der Waals surface area (Å²) in [6.45, 7) is 18.2. The maximum Gasteiger partial charge on any atom is 0.411 e. The van der Waals surface area contributed by atoms with E-state index in [2.05, 4.69) is 26.0 Å². The average Bonchev–Trinajstić information content (AvgIpc) is 3.31. The fraction of sp³-hybridized carbons (Fsp3) is 0.491. The second-order valence-corrected chi connectivity index (χ2v) is 20.8. The number of carbonyl (C=O) groups is 5. The van der Waals surface area contributed by atoms with Crippen molar-refractivity contribution in [2.45, 2.75) is 149 Å². The van der Waals surface area contributed by atoms with Gasteiger partial charge in [-0.15, -0.1) is 0 Å². The van der Waals surface area contributed by atoms with E-state index in [-0.39, 0.29) is 37.1 Å². The van der Waals surface area contributed by atoms with Crippen molar-refractivity contribution in [3.63, 3.8) is 0 Å². The van der Waals surface area contributed by atoms with Crippen LogP contribution in [0.3, 0.4) is 0 Å². The number of nitrogens with zero attached hydrogens (tertiary/aromatic N) is 4. The van der Waals surface area contributed by atoms with Crippen LogP contribution in [0.5, 0.6) is 0 Å². The van der Waals surface area contributed by atoms with E-state index in [0.717, 1.165) is 40.7 Å². The number of amides is 4. The molecular weight excluding hydrogens is 899 g/mol. The first-order valence-corrected chi connectivity index (χ1v) is 25.0. The molecule has 2 fully saturated rings. The molecule has 0 aromatic heterocycles. The van der Waals surface area contributed by atoms with Crippen LogP contribution in [0.4, 0.5) is 9.59 Å². The van der Waals surface area contributed by atoms with Crippen molar-refractivity contribution in [2.24, 2.45) is 11.7 Å². The molecule has 0 saturated carbocycles. The summed E-state index contributed by atoms with van der Waals surface area (Å²) in [5.41, 5.74) is 11.2. The first-order chi connectivity index (χ1) is 33.6. The summed E-state index contributed by atoms with van der Waals surface area (Å²) in [6.07, 6.45) is -1.08. The van der Waals surface area contributed by atoms with Gasteiger partial charge in [0.15, 0.2) is 0 Å². The molecule has 4 N–H and O–H groups in total. The molecule has 0 unspecified atom stereocenters. The molecule has 14 heteroatoms. The SMILES string of the molecule is CCc1cccc(C[C@H](CC(C)=O)[C@H](O)[C@H]2C(=O)N(Cc3ccccc3)CCN2C(=O)OC(C)(C)C)c1.CCc1cccc(C[C@H](N)[C@H](O)[C@H]2C(=O)N(Cc3ccccc3)CCN2C(=O)OC(C)(C)C)c1. The minimum Gasteiger partial charge on any atom is -0.444 e. The van der Waals surface area contributed by atoms with Gasteiger partial charge in [-0.2, -0.15) is 0 Å². The van der Waals surface area contributed by atoms with Gasteiger partial charge in [-0.3, -0.25) is 19.4 Å². The quantitative estimate of drug-likeness (QED) is 0.102. The third kappa shape index (κ3) is 16.5. The van der Waals surface area contributed by atoms with E-state index in [4.69, 9.17) is 15.2 Å². The van der Waals surface area contributed by atoms with Crippen LogP contribution in [-0.2, 0) is 62.6 Å². The Kier molecular flexibility index (Phi) is 19.9. The molecule has 2 heterocycles. The smallest absolute Gasteiger partial charge is 0.411 e. The number of aliphatic hydroxyl groups excluding tert-OH is 2. The van der Waals surface area contributed by atoms with E-state index in [1.165, 1.54) is 22.3 Å². The van der Waals surface area contributed by atoms with Crippen molar-refractivity contribution in [2.75, 3.05) is 26.2 Å². The van der Waals surface area contributed by atoms with Gasteiger partial charge in [0.05, 0.1) is 12.2 Å². The lowest BCUT2D eigenvalue weighted by atomic mass is 9.84. The number of Topliss-reactive ketones (excluding diaryl/α,β-unsaturated/α-hetero) is 1. The normalized spacial score (nSPS) is 18.2. The Balaban J connectivity index is 0.000000265. The van der Waals surface area contributed by atoms with Crippen LogP contribution in [0.15, 0.2) is 109 Å². The minimum absolute atomic E-state index is 0.0797. The van der Waals surface area contributed by atoms with Crippen LogP contribution in [0.1, 0.15) is 102 Å². The number of aryl methyl sites for hydroxylation is 2. The number of piperazine rings is 2. The number of hydrogen-bond donors (Lipinski definition) is 3. The summed E-state index contributed by atoms with van der Waals surface area (Å²) in [6, 6.07) is 32.4. The largest absolute Gasteiger partial charge is 0.444 e. The molecular formula is C57H77N5O9. The second-order valence-electron chi connectivity index (χ2n) is 20.8. The van der Waals surface area contributed by atoms with E-state index in [9.17, 15) is 34.2 Å². The highest BCUT2D eigenvalue weighted by molar-refractivity contribution is 5.88. The van der Waals surface area contributed by atoms with Gasteiger partial charge in [0.2, 0.25) is 11.8 Å². The Morgan fingerprint density at radius 2 is 0.958 bits per heavy atom. The lowest BCUT2D eigenvalue weighted by Crippen LogP contribution is -2.65. The van der Waals surface area contributed by atoms with Gasteiger partial charge in [0, 0.05) is 51.7 Å². The lowest BCUT2D eigenvalue weighted by molar-refractivity contribution is -0.150. The molecule has 0 radical (unpaired) electrons. The van der Waals surface area contributed by atoms with Gasteiger partial charge >= 0.3 is 12.2 Å². The molecule has 4 aromatic carbocycles. The lowest BCUT2D eigenvalue weighted by Gasteiger charge is -2.44. The van der Waals surface area contributed by atoms with Crippen molar-refractivity contribution < 1.29 is 43.7 Å². The molecule has 6 atom stereocenters. The van der Waals surface area contributed by atoms with E-state index in [1.54, 1.807) is 51.3 Å². The zero-order valence-corrected chi connectivity index (χ0v) is 43.3. The molecule has 2 aliphatic heterocycles. The molecule has 384 valence electrons. The predicted molar refractivity (Wildman–Crippen MR) is 275 cm³/mol. The zero-order chi connectivity index (χ0) is 52.0. The first-order valence-electron chi connectivity index (χ1n) is 25.0. The molecule has 4 aromatic rings. The number of ether oxygens (including phenoxy) is 2. The number of benzene rings is 4. The molecule has 2 aliphatic rings. The van der Waals surface area contributed by atoms with Crippen LogP contribution < -0.4 is 5.73 Å². The van der Waals surface area contributed by atoms with Crippen molar-refractivity contribution in [3.8, 4) is 0 Å². The van der Waals surface area contributed by atoms with Gasteiger partial charge in [0.25, 0.3) is 0 Å². The van der Waals surface area contributed by atoms with Crippen LogP contribution in [-0.4, -0.2) is 127 Å². The topological polar surface area (TPSA) is 183 Å². The molecule has 0 bridgehead atoms. The fourth-order valence-electron chi connectivity index (χ4n) is 9.05. The number of hydrogen-bond acceptors (Lipinski definition) is 10. The Hall–Kier alpha value is -6.09. The summed E-state index contributed by atoms with van der Waals surface area (Å²) in [5.74, 6) is -1.29. The molecule has 6 rings (SSSR count). The second kappa shape index (κ2) is 25.3. The van der Waals surface area contributed by atoms with Crippen molar-refractivity contribution >= 4 is 29.8 Å². The summed E-state index contributed by atoms with van der Waals surface area (Å²) >= 11 is 0. The third-order valence-corrected chi connectivity index (χ3v) is 12.6. The van der Waals surface area contributed by atoms with Crippen molar-refractivity contribution in [1.82, 2.24) is 19.6 Å². The predicted octanol–water partition coefficient (Wildman–Crippen LogP) is 7.52. The maximum absolute atomic E-state index is 13.8. The average molecular weight is 976 g/mol. The van der Waals surface area contributed by atoms with E-state index >= 15 is 0 Å². The summed E-state index contributed by atoms with van der Waals surface area (Å²) < 4.78 is 11.2. The number of rotatable bonds is 16. The van der Waals surface area contributed by atoms with Crippen LogP contribution in [0.2, 0.25) is 0 Å². The molecule has 2 saturated heterocycles. The Morgan fingerprint density at radius 3 is 1.35 bits per heavy atom. The fourth-order valence-corrected chi connectivity index (χ4v) is 9.05. The van der Waals surface area contributed by atoms with Gasteiger partial charge in [-0.05, 0) is 113 Å². The van der Waals surface area contributed by atoms with Gasteiger partial charge in [0.1, 0.15) is 29.1 Å². The third-order valence-electron chi connectivity index (χ3n) is 12.6. The molecule has 14 nitrogen and oxygen atoms in total. The summed E-state index contributed by atoms with van der Waals surface area (Å²) in [4.78, 5) is 71.8. The summed E-state index contributed by atoms with van der Waals surface area (Å²) in [5, 5.41) is 23.0. The molecule has 4 amide bonds. The standard InChI is InChI=1S/C30H40N2O5.C27H37N3O4/c1-6-22-13-10-14-24(18-22)19-25(17-21(2)33)27(34)26-28(35)31(20-23-11-8-7-9-12-23)15-16-32(26)29(36)37-30(3,4)5;1-5-19-12-9-13-21(16-19)17-22(28)24(31)23-25(32)29(18-20-10-7-6-8-11-20)14-15-30(23)26(33)34-27(2,3)4/h7-14,18,25-27,34H,6,15-17,19-20H2,1-5H3;6-13,16,22-24,31H,5,14-15,17-18,28H2,1-4H3/t25-,26-,27-;22-,23-,24-/m00/s1. The van der Waals surface area contributed by atoms with Crippen LogP contribution in [0.25, 0.3) is 0 Å². The van der Waals surface area contributed by atoms with Crippen LogP contribution in [0, 0.1) is 5.92 Å². The Labute approximate surface area is 421 Å². The monoisotopic (exact) mass is 976 g/mol. The highest BCUT2D eigenvalue weighted by atomic mass is 16.6. The van der Waals surface area contributed by atoms with Crippen molar-refractivity contribution in [3.05, 3.63) is 143 Å². The highest BCUT2D eigenvalue weighted by Gasteiger charge is 2.47. The molecule has 71 heavy (non-hydrogen) atoms. The maximum atomic E-state index is 13.8. The zero-order valence-electron chi connectivity index (χ0n) is 43.3. The minimum atomic E-state index is -1.25. The van der Waals surface area contributed by atoms with Gasteiger partial charge in [-0.25, -0.2) is 9.59 Å². The van der Waals surface area contributed by atoms with E-state index < -0.39 is 59.6 Å². The summed E-state index contributed by atoms with van der Waals surface area (Å²) in [7, 11) is 0. The van der Waals surface area contributed by atoms with E-state index in [1.807, 2.05) is 97.1 Å². The van der Waals surface area contributed by atoms with Gasteiger partial charge in [-0.1, -0.05) is 123 Å². The number of ketones is 1. The highest BCUT2D eigenvalue weighted by Crippen LogP contribution is 2.29. The number of aliphatic hydroxyl groups is 2. The Bertz CT molecular complexity index is 2380. The Morgan fingerprint density at radius 1 is 0.577 bits per heavy atom. The first kappa shape index (κ1) is 55.8. The van der Waals surface area contributed by atoms with Crippen molar-refractivity contribution in [1.29, 1.82) is 0 Å². The van der Waals surface area contributed by atoms with E-state index in [0.29, 0.717) is 39.0 Å². The van der Waals surface area contributed by atoms with Gasteiger partial charge < -0.3 is 40.0 Å². The van der Waals surface area contributed by atoms with Crippen LogP contribution >= 0.6 is 0 Å². The number of carbonyl (C=O) groups excluding carboxylic acids is 5. The number of nitrogens with two attached hydrogens (primary N) is 1. The molecule has 0 aliphatic carbocycles. The molecule has 0 spiro atoms.